The van der Waals surface area contributed by atoms with E-state index in [4.69, 9.17) is 10.5 Å². The standard InChI is InChI=1S/C16H28N2OS/c1-4-18(11-14-6-5-9-20-14)16(12-17)7-8-19-15(10-16)13(2)3/h5-6,9,13,15H,4,7-8,10-12,17H2,1-3H3. The van der Waals surface area contributed by atoms with Gasteiger partial charge in [0, 0.05) is 30.1 Å². The van der Waals surface area contributed by atoms with Crippen molar-refractivity contribution in [2.75, 3.05) is 19.7 Å². The zero-order valence-corrected chi connectivity index (χ0v) is 13.8. The first kappa shape index (κ1) is 16.0. The topological polar surface area (TPSA) is 38.5 Å². The number of thiophene rings is 1. The van der Waals surface area contributed by atoms with Crippen LogP contribution < -0.4 is 5.73 Å². The van der Waals surface area contributed by atoms with Crippen molar-refractivity contribution in [3.8, 4) is 0 Å². The molecule has 0 bridgehead atoms. The minimum absolute atomic E-state index is 0.103. The highest BCUT2D eigenvalue weighted by Crippen LogP contribution is 2.34. The molecule has 114 valence electrons. The predicted molar refractivity (Wildman–Crippen MR) is 86.0 cm³/mol. The Balaban J connectivity index is 2.14. The minimum Gasteiger partial charge on any atom is -0.378 e. The van der Waals surface area contributed by atoms with Crippen LogP contribution in [-0.4, -0.2) is 36.2 Å². The van der Waals surface area contributed by atoms with Crippen LogP contribution in [0.3, 0.4) is 0 Å². The first-order valence-electron chi connectivity index (χ1n) is 7.70. The van der Waals surface area contributed by atoms with E-state index in [2.05, 4.69) is 43.2 Å². The highest BCUT2D eigenvalue weighted by molar-refractivity contribution is 7.09. The van der Waals surface area contributed by atoms with Crippen LogP contribution >= 0.6 is 11.3 Å². The van der Waals surface area contributed by atoms with Gasteiger partial charge in [-0.05, 0) is 36.8 Å². The number of nitrogens with zero attached hydrogens (tertiary/aromatic N) is 1. The molecule has 2 unspecified atom stereocenters. The summed E-state index contributed by atoms with van der Waals surface area (Å²) in [5.74, 6) is 0.557. The minimum atomic E-state index is 0.103. The molecule has 2 heterocycles. The van der Waals surface area contributed by atoms with Crippen molar-refractivity contribution in [3.05, 3.63) is 22.4 Å². The summed E-state index contributed by atoms with van der Waals surface area (Å²) in [5, 5.41) is 2.15. The predicted octanol–water partition coefficient (Wildman–Crippen LogP) is 3.10. The fourth-order valence-electron chi connectivity index (χ4n) is 3.17. The molecule has 1 saturated heterocycles. The fourth-order valence-corrected chi connectivity index (χ4v) is 3.89. The Morgan fingerprint density at radius 2 is 2.35 bits per heavy atom. The molecule has 1 fully saturated rings. The SMILES string of the molecule is CCN(Cc1cccs1)C1(CN)CCOC(C(C)C)C1. The van der Waals surface area contributed by atoms with Crippen molar-refractivity contribution in [2.24, 2.45) is 11.7 Å². The van der Waals surface area contributed by atoms with Crippen molar-refractivity contribution < 1.29 is 4.74 Å². The molecule has 0 aliphatic carbocycles. The average Bonchev–Trinajstić information content (AvgIpc) is 2.97. The lowest BCUT2D eigenvalue weighted by atomic mass is 9.81. The molecule has 0 amide bonds. The van der Waals surface area contributed by atoms with Crippen molar-refractivity contribution in [2.45, 2.75) is 51.8 Å². The smallest absolute Gasteiger partial charge is 0.0616 e. The van der Waals surface area contributed by atoms with E-state index in [0.29, 0.717) is 12.0 Å². The highest BCUT2D eigenvalue weighted by atomic mass is 32.1. The molecule has 0 saturated carbocycles. The second kappa shape index (κ2) is 7.03. The van der Waals surface area contributed by atoms with E-state index >= 15 is 0 Å². The lowest BCUT2D eigenvalue weighted by Crippen LogP contribution is -2.58. The van der Waals surface area contributed by atoms with Gasteiger partial charge in [0.25, 0.3) is 0 Å². The van der Waals surface area contributed by atoms with Gasteiger partial charge >= 0.3 is 0 Å². The Kier molecular flexibility index (Phi) is 5.61. The van der Waals surface area contributed by atoms with Gasteiger partial charge in [0.1, 0.15) is 0 Å². The van der Waals surface area contributed by atoms with Gasteiger partial charge in [0.05, 0.1) is 6.10 Å². The van der Waals surface area contributed by atoms with Crippen LogP contribution in [0, 0.1) is 5.92 Å². The molecule has 1 aromatic heterocycles. The zero-order chi connectivity index (χ0) is 14.6. The maximum absolute atomic E-state index is 6.21. The number of rotatable bonds is 6. The summed E-state index contributed by atoms with van der Waals surface area (Å²) in [7, 11) is 0. The lowest BCUT2D eigenvalue weighted by molar-refractivity contribution is -0.0886. The van der Waals surface area contributed by atoms with E-state index in [1.54, 1.807) is 0 Å². The number of hydrogen-bond acceptors (Lipinski definition) is 4. The van der Waals surface area contributed by atoms with E-state index in [-0.39, 0.29) is 5.54 Å². The molecular weight excluding hydrogens is 268 g/mol. The molecule has 1 aromatic rings. The summed E-state index contributed by atoms with van der Waals surface area (Å²) in [6, 6.07) is 4.35. The van der Waals surface area contributed by atoms with E-state index in [0.717, 1.165) is 39.1 Å². The lowest BCUT2D eigenvalue weighted by Gasteiger charge is -2.48. The van der Waals surface area contributed by atoms with Crippen molar-refractivity contribution in [1.82, 2.24) is 4.90 Å². The Morgan fingerprint density at radius 3 is 2.90 bits per heavy atom. The van der Waals surface area contributed by atoms with Crippen LogP contribution in [0.25, 0.3) is 0 Å². The molecule has 4 heteroatoms. The Labute approximate surface area is 127 Å². The average molecular weight is 296 g/mol. The second-order valence-corrected chi connectivity index (χ2v) is 7.16. The van der Waals surface area contributed by atoms with Gasteiger partial charge in [-0.2, -0.15) is 0 Å². The van der Waals surface area contributed by atoms with Crippen LogP contribution in [0.5, 0.6) is 0 Å². The number of nitrogens with two attached hydrogens (primary N) is 1. The molecule has 3 nitrogen and oxygen atoms in total. The molecule has 0 radical (unpaired) electrons. The summed E-state index contributed by atoms with van der Waals surface area (Å²) in [5.41, 5.74) is 6.32. The first-order valence-corrected chi connectivity index (χ1v) is 8.58. The van der Waals surface area contributed by atoms with Gasteiger partial charge in [0.2, 0.25) is 0 Å². The van der Waals surface area contributed by atoms with Gasteiger partial charge in [-0.3, -0.25) is 4.90 Å². The third-order valence-electron chi connectivity index (χ3n) is 4.58. The van der Waals surface area contributed by atoms with E-state index < -0.39 is 0 Å². The summed E-state index contributed by atoms with van der Waals surface area (Å²) >= 11 is 1.83. The number of hydrogen-bond donors (Lipinski definition) is 1. The van der Waals surface area contributed by atoms with Crippen LogP contribution in [0.1, 0.15) is 38.5 Å². The molecular formula is C16H28N2OS. The Morgan fingerprint density at radius 1 is 1.55 bits per heavy atom. The third kappa shape index (κ3) is 3.42. The summed E-state index contributed by atoms with van der Waals surface area (Å²) in [6.45, 7) is 10.3. The van der Waals surface area contributed by atoms with E-state index in [1.807, 2.05) is 11.3 Å². The largest absolute Gasteiger partial charge is 0.378 e. The van der Waals surface area contributed by atoms with Gasteiger partial charge < -0.3 is 10.5 Å². The van der Waals surface area contributed by atoms with Gasteiger partial charge in [0.15, 0.2) is 0 Å². The molecule has 2 atom stereocenters. The third-order valence-corrected chi connectivity index (χ3v) is 5.44. The van der Waals surface area contributed by atoms with Crippen LogP contribution in [0.2, 0.25) is 0 Å². The van der Waals surface area contributed by atoms with Crippen molar-refractivity contribution in [1.29, 1.82) is 0 Å². The summed E-state index contributed by atoms with van der Waals surface area (Å²) < 4.78 is 5.95. The van der Waals surface area contributed by atoms with Crippen LogP contribution in [0.4, 0.5) is 0 Å². The van der Waals surface area contributed by atoms with Crippen LogP contribution in [0.15, 0.2) is 17.5 Å². The normalized spacial score (nSPS) is 27.4. The van der Waals surface area contributed by atoms with E-state index in [9.17, 15) is 0 Å². The molecule has 2 N–H and O–H groups in total. The van der Waals surface area contributed by atoms with Crippen molar-refractivity contribution >= 4 is 11.3 Å². The van der Waals surface area contributed by atoms with Gasteiger partial charge in [-0.1, -0.05) is 26.8 Å². The zero-order valence-electron chi connectivity index (χ0n) is 13.0. The summed E-state index contributed by atoms with van der Waals surface area (Å²) in [4.78, 5) is 3.99. The van der Waals surface area contributed by atoms with E-state index in [1.165, 1.54) is 4.88 Å². The maximum atomic E-state index is 6.21. The monoisotopic (exact) mass is 296 g/mol. The van der Waals surface area contributed by atoms with Gasteiger partial charge in [-0.15, -0.1) is 11.3 Å². The van der Waals surface area contributed by atoms with Crippen LogP contribution in [-0.2, 0) is 11.3 Å². The quantitative estimate of drug-likeness (QED) is 0.876. The molecule has 0 aromatic carbocycles. The molecule has 20 heavy (non-hydrogen) atoms. The number of likely N-dealkylation sites (N-methyl/N-ethyl adjacent to an activating group) is 1. The molecule has 1 aliphatic heterocycles. The van der Waals surface area contributed by atoms with Gasteiger partial charge in [-0.25, -0.2) is 0 Å². The summed E-state index contributed by atoms with van der Waals surface area (Å²) in [6.07, 6.45) is 2.44. The Hall–Kier alpha value is -0.420. The molecule has 0 spiro atoms. The first-order chi connectivity index (χ1) is 9.61. The molecule has 1 aliphatic rings. The second-order valence-electron chi connectivity index (χ2n) is 6.13. The number of ether oxygens (including phenoxy) is 1. The maximum Gasteiger partial charge on any atom is 0.0616 e. The van der Waals surface area contributed by atoms with Crippen molar-refractivity contribution in [3.63, 3.8) is 0 Å². The molecule has 2 rings (SSSR count). The Bertz CT molecular complexity index is 393. The fraction of sp³-hybridized carbons (Fsp3) is 0.750. The highest BCUT2D eigenvalue weighted by Gasteiger charge is 2.41.